The van der Waals surface area contributed by atoms with E-state index >= 15 is 0 Å². The molecule has 0 radical (unpaired) electrons. The van der Waals surface area contributed by atoms with Gasteiger partial charge in [0.25, 0.3) is 0 Å². The van der Waals surface area contributed by atoms with Crippen molar-refractivity contribution in [3.05, 3.63) is 48.0 Å². The van der Waals surface area contributed by atoms with Crippen LogP contribution in [0, 0.1) is 0 Å². The van der Waals surface area contributed by atoms with E-state index in [1.165, 1.54) is 18.4 Å². The van der Waals surface area contributed by atoms with E-state index in [-0.39, 0.29) is 11.9 Å². The van der Waals surface area contributed by atoms with E-state index in [1.54, 1.807) is 0 Å². The normalized spacial score (nSPS) is 17.0. The van der Waals surface area contributed by atoms with Crippen molar-refractivity contribution in [3.63, 3.8) is 0 Å². The van der Waals surface area contributed by atoms with E-state index in [0.29, 0.717) is 6.54 Å². The second kappa shape index (κ2) is 7.59. The monoisotopic (exact) mass is 288 g/mol. The number of nitrogens with zero attached hydrogens (tertiary/aromatic N) is 1. The van der Waals surface area contributed by atoms with Gasteiger partial charge in [0, 0.05) is 18.7 Å². The summed E-state index contributed by atoms with van der Waals surface area (Å²) in [4.78, 5) is 24.4. The fourth-order valence-electron chi connectivity index (χ4n) is 2.59. The van der Waals surface area contributed by atoms with E-state index < -0.39 is 5.97 Å². The molecule has 1 aliphatic rings. The molecule has 112 valence electrons. The first kappa shape index (κ1) is 15.3. The Labute approximate surface area is 124 Å². The maximum absolute atomic E-state index is 11.6. The van der Waals surface area contributed by atoms with E-state index in [0.717, 1.165) is 25.2 Å². The summed E-state index contributed by atoms with van der Waals surface area (Å²) in [5.74, 6) is -1.50. The molecule has 1 saturated heterocycles. The molecule has 0 aliphatic carbocycles. The Morgan fingerprint density at radius 1 is 1.19 bits per heavy atom. The van der Waals surface area contributed by atoms with Gasteiger partial charge in [0.1, 0.15) is 0 Å². The average Bonchev–Trinajstić information content (AvgIpc) is 3.00. The highest BCUT2D eigenvalue weighted by atomic mass is 16.4. The smallest absolute Gasteiger partial charge is 0.328 e. The molecule has 1 heterocycles. The number of amides is 1. The van der Waals surface area contributed by atoms with Crippen LogP contribution < -0.4 is 5.32 Å². The number of carbonyl (C=O) groups is 2. The predicted octanol–water partition coefficient (Wildman–Crippen LogP) is 1.58. The number of aliphatic carboxylic acids is 1. The number of nitrogens with one attached hydrogen (secondary N) is 1. The van der Waals surface area contributed by atoms with Crippen LogP contribution in [0.3, 0.4) is 0 Å². The molecule has 1 aromatic carbocycles. The van der Waals surface area contributed by atoms with Crippen molar-refractivity contribution in [2.75, 3.05) is 19.6 Å². The number of hydrogen-bond acceptors (Lipinski definition) is 3. The summed E-state index contributed by atoms with van der Waals surface area (Å²) in [5.41, 5.74) is 1.17. The van der Waals surface area contributed by atoms with E-state index in [2.05, 4.69) is 22.3 Å². The van der Waals surface area contributed by atoms with Crippen molar-refractivity contribution in [2.45, 2.75) is 18.9 Å². The van der Waals surface area contributed by atoms with Gasteiger partial charge in [-0.2, -0.15) is 0 Å². The highest BCUT2D eigenvalue weighted by Gasteiger charge is 2.23. The molecular weight excluding hydrogens is 268 g/mol. The molecule has 21 heavy (non-hydrogen) atoms. The van der Waals surface area contributed by atoms with Gasteiger partial charge in [-0.15, -0.1) is 0 Å². The van der Waals surface area contributed by atoms with Gasteiger partial charge in [-0.3, -0.25) is 9.69 Å². The van der Waals surface area contributed by atoms with Crippen LogP contribution in [0.25, 0.3) is 0 Å². The molecule has 1 fully saturated rings. The highest BCUT2D eigenvalue weighted by molar-refractivity contribution is 5.93. The third-order valence-corrected chi connectivity index (χ3v) is 3.61. The SMILES string of the molecule is O=C(O)/C=C/C(=O)NCC(c1ccccc1)N1CCCC1. The third kappa shape index (κ3) is 4.72. The zero-order chi connectivity index (χ0) is 15.1. The van der Waals surface area contributed by atoms with Crippen LogP contribution >= 0.6 is 0 Å². The minimum atomic E-state index is -1.12. The Morgan fingerprint density at radius 2 is 1.86 bits per heavy atom. The molecule has 2 N–H and O–H groups in total. The zero-order valence-electron chi connectivity index (χ0n) is 11.9. The average molecular weight is 288 g/mol. The topological polar surface area (TPSA) is 69.6 Å². The Kier molecular flexibility index (Phi) is 5.51. The van der Waals surface area contributed by atoms with Crippen LogP contribution in [-0.4, -0.2) is 41.5 Å². The molecule has 5 nitrogen and oxygen atoms in total. The Balaban J connectivity index is 2.00. The molecule has 1 unspecified atom stereocenters. The molecule has 0 saturated carbocycles. The Bertz CT molecular complexity index is 508. The summed E-state index contributed by atoms with van der Waals surface area (Å²) in [7, 11) is 0. The van der Waals surface area contributed by atoms with E-state index in [4.69, 9.17) is 5.11 Å². The number of likely N-dealkylation sites (tertiary alicyclic amines) is 1. The number of carbonyl (C=O) groups excluding carboxylic acids is 1. The maximum Gasteiger partial charge on any atom is 0.328 e. The molecule has 0 aromatic heterocycles. The van der Waals surface area contributed by atoms with Gasteiger partial charge in [-0.25, -0.2) is 4.79 Å². The fraction of sp³-hybridized carbons (Fsp3) is 0.375. The summed E-state index contributed by atoms with van der Waals surface area (Å²) >= 11 is 0. The lowest BCUT2D eigenvalue weighted by molar-refractivity contribution is -0.131. The minimum absolute atomic E-state index is 0.135. The van der Waals surface area contributed by atoms with Gasteiger partial charge in [0.15, 0.2) is 0 Å². The first-order valence-electron chi connectivity index (χ1n) is 7.14. The molecule has 5 heteroatoms. The number of carboxylic acids is 1. The predicted molar refractivity (Wildman–Crippen MR) is 79.8 cm³/mol. The van der Waals surface area contributed by atoms with Gasteiger partial charge in [0.05, 0.1) is 6.04 Å². The second-order valence-corrected chi connectivity index (χ2v) is 5.09. The van der Waals surface area contributed by atoms with Crippen LogP contribution in [0.1, 0.15) is 24.4 Å². The van der Waals surface area contributed by atoms with E-state index in [9.17, 15) is 9.59 Å². The molecule has 1 amide bonds. The van der Waals surface area contributed by atoms with Crippen LogP contribution in [0.4, 0.5) is 0 Å². The number of rotatable bonds is 6. The molecule has 1 aromatic rings. The van der Waals surface area contributed by atoms with Crippen LogP contribution in [-0.2, 0) is 9.59 Å². The van der Waals surface area contributed by atoms with Gasteiger partial charge < -0.3 is 10.4 Å². The first-order chi connectivity index (χ1) is 10.2. The maximum atomic E-state index is 11.6. The summed E-state index contributed by atoms with van der Waals surface area (Å²) in [6.45, 7) is 2.54. The van der Waals surface area contributed by atoms with Gasteiger partial charge in [0.2, 0.25) is 5.91 Å². The molecule has 1 atom stereocenters. The van der Waals surface area contributed by atoms with Gasteiger partial charge in [-0.1, -0.05) is 30.3 Å². The molecule has 0 bridgehead atoms. The fourth-order valence-corrected chi connectivity index (χ4v) is 2.59. The summed E-state index contributed by atoms with van der Waals surface area (Å²) in [5, 5.41) is 11.3. The largest absolute Gasteiger partial charge is 0.478 e. The lowest BCUT2D eigenvalue weighted by Crippen LogP contribution is -2.36. The molecule has 0 spiro atoms. The van der Waals surface area contributed by atoms with Crippen molar-refractivity contribution in [1.82, 2.24) is 10.2 Å². The second-order valence-electron chi connectivity index (χ2n) is 5.09. The minimum Gasteiger partial charge on any atom is -0.478 e. The molecule has 1 aliphatic heterocycles. The van der Waals surface area contributed by atoms with E-state index in [1.807, 2.05) is 18.2 Å². The van der Waals surface area contributed by atoms with Crippen molar-refractivity contribution >= 4 is 11.9 Å². The number of hydrogen-bond donors (Lipinski definition) is 2. The standard InChI is InChI=1S/C16H20N2O3/c19-15(8-9-16(20)21)17-12-14(18-10-4-5-11-18)13-6-2-1-3-7-13/h1-3,6-9,14H,4-5,10-12H2,(H,17,19)(H,20,21)/b9-8+. The zero-order valence-corrected chi connectivity index (χ0v) is 11.9. The molecular formula is C16H20N2O3. The van der Waals surface area contributed by atoms with Gasteiger partial charge >= 0.3 is 5.97 Å². The summed E-state index contributed by atoms with van der Waals surface area (Å²) in [6.07, 6.45) is 4.25. The summed E-state index contributed by atoms with van der Waals surface area (Å²) < 4.78 is 0. The van der Waals surface area contributed by atoms with Crippen LogP contribution in [0.2, 0.25) is 0 Å². The van der Waals surface area contributed by atoms with Crippen LogP contribution in [0.15, 0.2) is 42.5 Å². The van der Waals surface area contributed by atoms with Crippen molar-refractivity contribution in [2.24, 2.45) is 0 Å². The van der Waals surface area contributed by atoms with Crippen molar-refractivity contribution < 1.29 is 14.7 Å². The van der Waals surface area contributed by atoms with Crippen LogP contribution in [0.5, 0.6) is 0 Å². The Morgan fingerprint density at radius 3 is 2.48 bits per heavy atom. The Hall–Kier alpha value is -2.14. The van der Waals surface area contributed by atoms with Crippen molar-refractivity contribution in [1.29, 1.82) is 0 Å². The van der Waals surface area contributed by atoms with Gasteiger partial charge in [-0.05, 0) is 31.5 Å². The molecule has 2 rings (SSSR count). The third-order valence-electron chi connectivity index (χ3n) is 3.61. The number of benzene rings is 1. The lowest BCUT2D eigenvalue weighted by Gasteiger charge is -2.28. The number of carboxylic acid groups (broad SMARTS) is 1. The van der Waals surface area contributed by atoms with Crippen molar-refractivity contribution in [3.8, 4) is 0 Å². The lowest BCUT2D eigenvalue weighted by atomic mass is 10.1. The first-order valence-corrected chi connectivity index (χ1v) is 7.14. The highest BCUT2D eigenvalue weighted by Crippen LogP contribution is 2.24. The summed E-state index contributed by atoms with van der Waals surface area (Å²) in [6, 6.07) is 10.2. The quantitative estimate of drug-likeness (QED) is 0.780.